The van der Waals surface area contributed by atoms with Crippen molar-refractivity contribution in [2.24, 2.45) is 10.7 Å². The molecule has 4 nitrogen and oxygen atoms in total. The van der Waals surface area contributed by atoms with E-state index in [2.05, 4.69) is 16.0 Å². The van der Waals surface area contributed by atoms with Gasteiger partial charge < -0.3 is 15.4 Å². The van der Waals surface area contributed by atoms with Crippen molar-refractivity contribution in [3.8, 4) is 0 Å². The average molecular weight is 251 g/mol. The van der Waals surface area contributed by atoms with E-state index in [-0.39, 0.29) is 0 Å². The van der Waals surface area contributed by atoms with E-state index in [1.807, 2.05) is 0 Å². The molecule has 2 aliphatic rings. The quantitative estimate of drug-likeness (QED) is 0.473. The van der Waals surface area contributed by atoms with Crippen molar-refractivity contribution < 1.29 is 4.74 Å². The lowest BCUT2D eigenvalue weighted by Crippen LogP contribution is -2.44. The van der Waals surface area contributed by atoms with E-state index in [0.29, 0.717) is 5.96 Å². The maximum atomic E-state index is 6.00. The molecule has 1 heterocycles. The van der Waals surface area contributed by atoms with Gasteiger partial charge >= 0.3 is 0 Å². The monoisotopic (exact) mass is 251 g/mol. The minimum Gasteiger partial charge on any atom is -0.378 e. The van der Waals surface area contributed by atoms with Gasteiger partial charge in [0.15, 0.2) is 5.96 Å². The maximum absolute atomic E-state index is 6.00. The molecule has 0 bridgehead atoms. The smallest absolute Gasteiger partial charge is 0.191 e. The summed E-state index contributed by atoms with van der Waals surface area (Å²) in [6.07, 6.45) is 10.1. The lowest BCUT2D eigenvalue weighted by molar-refractivity contribution is 0.0674. The molecule has 0 radical (unpaired) electrons. The fraction of sp³-hybridized carbons (Fsp3) is 0.786. The third-order valence-electron chi connectivity index (χ3n) is 3.68. The van der Waals surface area contributed by atoms with Gasteiger partial charge in [0.05, 0.1) is 13.2 Å². The molecule has 0 spiro atoms. The number of rotatable bonds is 3. The van der Waals surface area contributed by atoms with Crippen LogP contribution in [0.4, 0.5) is 0 Å². The number of hydrogen-bond donors (Lipinski definition) is 1. The first-order chi connectivity index (χ1) is 8.86. The molecule has 0 aromatic heterocycles. The lowest BCUT2D eigenvalue weighted by atomic mass is 10.1. The van der Waals surface area contributed by atoms with Gasteiger partial charge in [-0.2, -0.15) is 0 Å². The molecular weight excluding hydrogens is 226 g/mol. The molecular formula is C14H25N3O. The molecule has 0 aromatic rings. The molecule has 18 heavy (non-hydrogen) atoms. The van der Waals surface area contributed by atoms with Crippen LogP contribution in [-0.2, 0) is 4.74 Å². The first-order valence-corrected chi connectivity index (χ1v) is 7.17. The summed E-state index contributed by atoms with van der Waals surface area (Å²) in [7, 11) is 0. The Bertz CT molecular complexity index is 306. The summed E-state index contributed by atoms with van der Waals surface area (Å²) in [6.45, 7) is 4.10. The molecule has 1 fully saturated rings. The van der Waals surface area contributed by atoms with Crippen molar-refractivity contribution in [1.29, 1.82) is 0 Å². The van der Waals surface area contributed by atoms with Crippen LogP contribution in [0.5, 0.6) is 0 Å². The summed E-state index contributed by atoms with van der Waals surface area (Å²) in [6, 6.07) is 0. The highest BCUT2D eigenvalue weighted by molar-refractivity contribution is 5.78. The van der Waals surface area contributed by atoms with E-state index >= 15 is 0 Å². The van der Waals surface area contributed by atoms with Crippen LogP contribution in [0.1, 0.15) is 38.5 Å². The van der Waals surface area contributed by atoms with Crippen LogP contribution in [0.25, 0.3) is 0 Å². The van der Waals surface area contributed by atoms with Crippen molar-refractivity contribution >= 4 is 5.96 Å². The van der Waals surface area contributed by atoms with Gasteiger partial charge in [0, 0.05) is 19.6 Å². The summed E-state index contributed by atoms with van der Waals surface area (Å²) in [4.78, 5) is 6.61. The Kier molecular flexibility index (Phi) is 5.52. The summed E-state index contributed by atoms with van der Waals surface area (Å²) in [5, 5.41) is 0. The minimum atomic E-state index is 0.688. The van der Waals surface area contributed by atoms with Gasteiger partial charge in [-0.1, -0.05) is 18.1 Å². The van der Waals surface area contributed by atoms with Gasteiger partial charge in [-0.25, -0.2) is 0 Å². The van der Waals surface area contributed by atoms with Crippen molar-refractivity contribution in [1.82, 2.24) is 4.90 Å². The Balaban J connectivity index is 1.73. The predicted octanol–water partition coefficient (Wildman–Crippen LogP) is 1.91. The maximum Gasteiger partial charge on any atom is 0.191 e. The SMILES string of the molecule is NC(=NCCC1=CCCCCC1)N1CCOCC1. The molecule has 1 aliphatic heterocycles. The molecule has 0 unspecified atom stereocenters. The Morgan fingerprint density at radius 3 is 2.94 bits per heavy atom. The molecule has 1 saturated heterocycles. The van der Waals surface area contributed by atoms with E-state index < -0.39 is 0 Å². The van der Waals surface area contributed by atoms with Crippen molar-refractivity contribution in [2.45, 2.75) is 38.5 Å². The second-order valence-electron chi connectivity index (χ2n) is 5.05. The largest absolute Gasteiger partial charge is 0.378 e. The average Bonchev–Trinajstić information content (AvgIpc) is 2.68. The van der Waals surface area contributed by atoms with Crippen LogP contribution in [0.15, 0.2) is 16.6 Å². The minimum absolute atomic E-state index is 0.688. The molecule has 4 heteroatoms. The van der Waals surface area contributed by atoms with E-state index in [1.165, 1.54) is 32.1 Å². The molecule has 0 atom stereocenters. The zero-order valence-corrected chi connectivity index (χ0v) is 11.2. The Morgan fingerprint density at radius 2 is 2.11 bits per heavy atom. The number of morpholine rings is 1. The second kappa shape index (κ2) is 7.41. The first kappa shape index (κ1) is 13.4. The van der Waals surface area contributed by atoms with Crippen LogP contribution in [0.2, 0.25) is 0 Å². The highest BCUT2D eigenvalue weighted by Crippen LogP contribution is 2.19. The number of ether oxygens (including phenoxy) is 1. The van der Waals surface area contributed by atoms with Gasteiger partial charge in [0.25, 0.3) is 0 Å². The summed E-state index contributed by atoms with van der Waals surface area (Å²) < 4.78 is 5.30. The number of guanidine groups is 1. The highest BCUT2D eigenvalue weighted by Gasteiger charge is 2.11. The number of hydrogen-bond acceptors (Lipinski definition) is 2. The van der Waals surface area contributed by atoms with E-state index in [1.54, 1.807) is 5.57 Å². The summed E-state index contributed by atoms with van der Waals surface area (Å²) >= 11 is 0. The van der Waals surface area contributed by atoms with Crippen LogP contribution < -0.4 is 5.73 Å². The van der Waals surface area contributed by atoms with Gasteiger partial charge in [-0.05, 0) is 32.1 Å². The Labute approximate surface area is 110 Å². The van der Waals surface area contributed by atoms with Gasteiger partial charge in [-0.3, -0.25) is 4.99 Å². The van der Waals surface area contributed by atoms with Crippen molar-refractivity contribution in [3.63, 3.8) is 0 Å². The molecule has 0 aromatic carbocycles. The van der Waals surface area contributed by atoms with Gasteiger partial charge in [-0.15, -0.1) is 0 Å². The zero-order chi connectivity index (χ0) is 12.6. The van der Waals surface area contributed by atoms with Crippen LogP contribution in [-0.4, -0.2) is 43.7 Å². The topological polar surface area (TPSA) is 50.8 Å². The molecule has 2 rings (SSSR count). The van der Waals surface area contributed by atoms with Crippen molar-refractivity contribution in [2.75, 3.05) is 32.8 Å². The Morgan fingerprint density at radius 1 is 1.28 bits per heavy atom. The summed E-state index contributed by atoms with van der Waals surface area (Å²) in [5.74, 6) is 0.688. The predicted molar refractivity (Wildman–Crippen MR) is 74.7 cm³/mol. The van der Waals surface area contributed by atoms with E-state index in [4.69, 9.17) is 10.5 Å². The number of nitrogens with zero attached hydrogens (tertiary/aromatic N) is 2. The third kappa shape index (κ3) is 4.33. The van der Waals surface area contributed by atoms with Gasteiger partial charge in [0.2, 0.25) is 0 Å². The number of allylic oxidation sites excluding steroid dienone is 1. The standard InChI is InChI=1S/C14H25N3O/c15-14(17-9-11-18-12-10-17)16-8-7-13-5-3-1-2-4-6-13/h5H,1-4,6-12H2,(H2,15,16). The number of nitrogens with two attached hydrogens (primary N) is 1. The normalized spacial score (nSPS) is 22.6. The van der Waals surface area contributed by atoms with E-state index in [0.717, 1.165) is 39.3 Å². The van der Waals surface area contributed by atoms with Gasteiger partial charge in [0.1, 0.15) is 0 Å². The summed E-state index contributed by atoms with van der Waals surface area (Å²) in [5.41, 5.74) is 7.57. The molecule has 102 valence electrons. The van der Waals surface area contributed by atoms with Crippen LogP contribution in [0.3, 0.4) is 0 Å². The highest BCUT2D eigenvalue weighted by atomic mass is 16.5. The third-order valence-corrected chi connectivity index (χ3v) is 3.68. The molecule has 0 amide bonds. The van der Waals surface area contributed by atoms with E-state index in [9.17, 15) is 0 Å². The first-order valence-electron chi connectivity index (χ1n) is 7.17. The lowest BCUT2D eigenvalue weighted by Gasteiger charge is -2.27. The Hall–Kier alpha value is -1.03. The fourth-order valence-corrected chi connectivity index (χ4v) is 2.51. The molecule has 2 N–H and O–H groups in total. The van der Waals surface area contributed by atoms with Crippen molar-refractivity contribution in [3.05, 3.63) is 11.6 Å². The van der Waals surface area contributed by atoms with Crippen LogP contribution >= 0.6 is 0 Å². The zero-order valence-electron chi connectivity index (χ0n) is 11.2. The molecule has 0 saturated carbocycles. The van der Waals surface area contributed by atoms with Crippen LogP contribution in [0, 0.1) is 0 Å². The number of aliphatic imine (C=N–C) groups is 1. The second-order valence-corrected chi connectivity index (χ2v) is 5.05. The fourth-order valence-electron chi connectivity index (χ4n) is 2.51. The molecule has 1 aliphatic carbocycles.